The summed E-state index contributed by atoms with van der Waals surface area (Å²) in [5, 5.41) is 9.18. The maximum atomic E-state index is 11.2. The Balaban J connectivity index is 2.25. The van der Waals surface area contributed by atoms with Gasteiger partial charge in [0.25, 0.3) is 0 Å². The molecule has 1 heterocycles. The van der Waals surface area contributed by atoms with E-state index in [9.17, 15) is 9.90 Å². The van der Waals surface area contributed by atoms with E-state index in [1.807, 2.05) is 31.3 Å². The first-order chi connectivity index (χ1) is 7.58. The second-order valence-corrected chi connectivity index (χ2v) is 5.24. The van der Waals surface area contributed by atoms with Crippen LogP contribution in [0.5, 0.6) is 0 Å². The summed E-state index contributed by atoms with van der Waals surface area (Å²) in [5.74, 6) is -0.876. The number of halogens is 1. The van der Waals surface area contributed by atoms with Crippen LogP contribution in [0.25, 0.3) is 0 Å². The van der Waals surface area contributed by atoms with Crippen LogP contribution < -0.4 is 0 Å². The fourth-order valence-electron chi connectivity index (χ4n) is 2.30. The lowest BCUT2D eigenvalue weighted by atomic mass is 9.89. The number of likely N-dealkylation sites (N-methyl/N-ethyl adjacent to an activating group) is 1. The van der Waals surface area contributed by atoms with Crippen molar-refractivity contribution in [3.63, 3.8) is 0 Å². The van der Waals surface area contributed by atoms with Gasteiger partial charge in [0.05, 0.1) is 5.92 Å². The molecule has 1 saturated heterocycles. The lowest BCUT2D eigenvalue weighted by molar-refractivity contribution is -0.141. The van der Waals surface area contributed by atoms with E-state index in [4.69, 9.17) is 0 Å². The zero-order valence-electron chi connectivity index (χ0n) is 9.06. The number of carboxylic acids is 1. The van der Waals surface area contributed by atoms with Gasteiger partial charge in [0, 0.05) is 23.5 Å². The molecule has 3 nitrogen and oxygen atoms in total. The third-order valence-electron chi connectivity index (χ3n) is 3.12. The van der Waals surface area contributed by atoms with Crippen molar-refractivity contribution in [3.05, 3.63) is 34.3 Å². The first-order valence-corrected chi connectivity index (χ1v) is 6.04. The number of carboxylic acid groups (broad SMARTS) is 1. The number of hydrogen-bond donors (Lipinski definition) is 1. The molecule has 0 aromatic heterocycles. The molecule has 0 amide bonds. The van der Waals surface area contributed by atoms with Crippen LogP contribution in [0, 0.1) is 5.92 Å². The number of likely N-dealkylation sites (tertiary alicyclic amines) is 1. The van der Waals surface area contributed by atoms with E-state index >= 15 is 0 Å². The summed E-state index contributed by atoms with van der Waals surface area (Å²) in [7, 11) is 1.97. The number of rotatable bonds is 2. The molecule has 86 valence electrons. The van der Waals surface area contributed by atoms with Crippen molar-refractivity contribution >= 4 is 21.9 Å². The Labute approximate surface area is 103 Å². The van der Waals surface area contributed by atoms with Crippen molar-refractivity contribution < 1.29 is 9.90 Å². The molecule has 0 bridgehead atoms. The quantitative estimate of drug-likeness (QED) is 0.905. The Kier molecular flexibility index (Phi) is 3.30. The normalized spacial score (nSPS) is 25.9. The summed E-state index contributed by atoms with van der Waals surface area (Å²) in [6, 6.07) is 7.94. The lowest BCUT2D eigenvalue weighted by Crippen LogP contribution is -2.21. The van der Waals surface area contributed by atoms with Gasteiger partial charge in [-0.2, -0.15) is 0 Å². The minimum absolute atomic E-state index is 0.107. The molecule has 1 aliphatic rings. The van der Waals surface area contributed by atoms with Crippen LogP contribution in [0.2, 0.25) is 0 Å². The van der Waals surface area contributed by atoms with Gasteiger partial charge in [-0.25, -0.2) is 0 Å². The molecule has 1 fully saturated rings. The van der Waals surface area contributed by atoms with Crippen LogP contribution in [-0.2, 0) is 4.79 Å². The van der Waals surface area contributed by atoms with Gasteiger partial charge in [0.2, 0.25) is 0 Å². The SMILES string of the molecule is CN1C[C@H](C(=O)O)[C@@H](c2ccc(Br)cc2)C1. The highest BCUT2D eigenvalue weighted by Crippen LogP contribution is 2.32. The molecule has 0 spiro atoms. The van der Waals surface area contributed by atoms with E-state index in [1.54, 1.807) is 0 Å². The summed E-state index contributed by atoms with van der Waals surface area (Å²) >= 11 is 3.38. The van der Waals surface area contributed by atoms with Crippen LogP contribution in [-0.4, -0.2) is 36.1 Å². The number of aliphatic carboxylic acids is 1. The van der Waals surface area contributed by atoms with Crippen molar-refractivity contribution in [1.82, 2.24) is 4.90 Å². The minimum atomic E-state index is -0.697. The number of carbonyl (C=O) groups is 1. The standard InChI is InChI=1S/C12H14BrNO2/c1-14-6-10(11(7-14)12(15)16)8-2-4-9(13)5-3-8/h2-5,10-11H,6-7H2,1H3,(H,15,16)/t10-,11+/m1/s1. The van der Waals surface area contributed by atoms with Gasteiger partial charge in [-0.3, -0.25) is 4.79 Å². The molecule has 1 aromatic rings. The van der Waals surface area contributed by atoms with E-state index in [1.165, 1.54) is 0 Å². The molecule has 1 aliphatic heterocycles. The van der Waals surface area contributed by atoms with Gasteiger partial charge in [-0.15, -0.1) is 0 Å². The molecule has 1 N–H and O–H groups in total. The monoisotopic (exact) mass is 283 g/mol. The molecule has 4 heteroatoms. The summed E-state index contributed by atoms with van der Waals surface area (Å²) < 4.78 is 1.02. The largest absolute Gasteiger partial charge is 0.481 e. The second kappa shape index (κ2) is 4.55. The Bertz CT molecular complexity index is 391. The van der Waals surface area contributed by atoms with Crippen molar-refractivity contribution in [2.24, 2.45) is 5.92 Å². The number of nitrogens with zero attached hydrogens (tertiary/aromatic N) is 1. The van der Waals surface area contributed by atoms with Crippen molar-refractivity contribution in [3.8, 4) is 0 Å². The molecule has 0 saturated carbocycles. The third-order valence-corrected chi connectivity index (χ3v) is 3.65. The highest BCUT2D eigenvalue weighted by Gasteiger charge is 2.36. The maximum absolute atomic E-state index is 11.2. The topological polar surface area (TPSA) is 40.5 Å². The van der Waals surface area contributed by atoms with E-state index in [2.05, 4.69) is 20.8 Å². The van der Waals surface area contributed by atoms with Crippen LogP contribution in [0.4, 0.5) is 0 Å². The van der Waals surface area contributed by atoms with Gasteiger partial charge < -0.3 is 10.0 Å². The molecule has 1 aromatic carbocycles. The molecule has 0 radical (unpaired) electrons. The summed E-state index contributed by atoms with van der Waals surface area (Å²) in [6.07, 6.45) is 0. The summed E-state index contributed by atoms with van der Waals surface area (Å²) in [5.41, 5.74) is 1.11. The summed E-state index contributed by atoms with van der Waals surface area (Å²) in [6.45, 7) is 1.45. The molecule has 0 unspecified atom stereocenters. The van der Waals surface area contributed by atoms with E-state index < -0.39 is 5.97 Å². The van der Waals surface area contributed by atoms with Gasteiger partial charge >= 0.3 is 5.97 Å². The number of hydrogen-bond acceptors (Lipinski definition) is 2. The molecule has 2 rings (SSSR count). The average Bonchev–Trinajstić information content (AvgIpc) is 2.61. The first-order valence-electron chi connectivity index (χ1n) is 5.24. The van der Waals surface area contributed by atoms with Crippen LogP contribution >= 0.6 is 15.9 Å². The van der Waals surface area contributed by atoms with Crippen molar-refractivity contribution in [1.29, 1.82) is 0 Å². The van der Waals surface area contributed by atoms with Gasteiger partial charge in [-0.1, -0.05) is 28.1 Å². The minimum Gasteiger partial charge on any atom is -0.481 e. The van der Waals surface area contributed by atoms with Gasteiger partial charge in [0.1, 0.15) is 0 Å². The van der Waals surface area contributed by atoms with Crippen molar-refractivity contribution in [2.75, 3.05) is 20.1 Å². The summed E-state index contributed by atoms with van der Waals surface area (Å²) in [4.78, 5) is 13.2. The first kappa shape index (κ1) is 11.6. The highest BCUT2D eigenvalue weighted by atomic mass is 79.9. The van der Waals surface area contributed by atoms with E-state index in [-0.39, 0.29) is 11.8 Å². The number of benzene rings is 1. The van der Waals surface area contributed by atoms with Crippen molar-refractivity contribution in [2.45, 2.75) is 5.92 Å². The Hall–Kier alpha value is -0.870. The predicted molar refractivity (Wildman–Crippen MR) is 65.5 cm³/mol. The second-order valence-electron chi connectivity index (χ2n) is 4.32. The average molecular weight is 284 g/mol. The molecular weight excluding hydrogens is 270 g/mol. The zero-order chi connectivity index (χ0) is 11.7. The van der Waals surface area contributed by atoms with Gasteiger partial charge in [0.15, 0.2) is 0 Å². The highest BCUT2D eigenvalue weighted by molar-refractivity contribution is 9.10. The van der Waals surface area contributed by atoms with Crippen LogP contribution in [0.3, 0.4) is 0 Å². The molecule has 16 heavy (non-hydrogen) atoms. The third kappa shape index (κ3) is 2.28. The zero-order valence-corrected chi connectivity index (χ0v) is 10.6. The van der Waals surface area contributed by atoms with E-state index in [0.717, 1.165) is 16.6 Å². The maximum Gasteiger partial charge on any atom is 0.308 e. The Morgan fingerprint density at radius 1 is 1.38 bits per heavy atom. The van der Waals surface area contributed by atoms with Crippen LogP contribution in [0.1, 0.15) is 11.5 Å². The molecule has 2 atom stereocenters. The Morgan fingerprint density at radius 3 is 2.56 bits per heavy atom. The fraction of sp³-hybridized carbons (Fsp3) is 0.417. The Morgan fingerprint density at radius 2 is 2.00 bits per heavy atom. The molecule has 0 aliphatic carbocycles. The van der Waals surface area contributed by atoms with Gasteiger partial charge in [-0.05, 0) is 24.7 Å². The molecular formula is C12H14BrNO2. The van der Waals surface area contributed by atoms with Crippen LogP contribution in [0.15, 0.2) is 28.7 Å². The van der Waals surface area contributed by atoms with E-state index in [0.29, 0.717) is 6.54 Å². The smallest absolute Gasteiger partial charge is 0.308 e. The predicted octanol–water partition coefficient (Wildman–Crippen LogP) is 2.18. The lowest BCUT2D eigenvalue weighted by Gasteiger charge is -2.14. The fourth-order valence-corrected chi connectivity index (χ4v) is 2.56.